The van der Waals surface area contributed by atoms with E-state index in [1.165, 1.54) is 0 Å². The van der Waals surface area contributed by atoms with Crippen molar-refractivity contribution in [2.75, 3.05) is 72.7 Å². The summed E-state index contributed by atoms with van der Waals surface area (Å²) in [7, 11) is 0. The lowest BCUT2D eigenvalue weighted by atomic mass is 9.95. The van der Waals surface area contributed by atoms with E-state index in [0.29, 0.717) is 19.1 Å². The number of aliphatic hydroxyl groups excluding tert-OH is 11. The summed E-state index contributed by atoms with van der Waals surface area (Å²) < 4.78 is 0. The first-order valence-electron chi connectivity index (χ1n) is 13.5. The molecule has 39 heavy (non-hydrogen) atoms. The fraction of sp³-hybridized carbons (Fsp3) is 1.00. The lowest BCUT2D eigenvalue weighted by Gasteiger charge is -2.20. The first kappa shape index (κ1) is 54.6. The minimum Gasteiger partial charge on any atom is -0.397 e. The predicted molar refractivity (Wildman–Crippen MR) is 159 cm³/mol. The van der Waals surface area contributed by atoms with Crippen LogP contribution in [0.2, 0.25) is 0 Å². The molecule has 0 unspecified atom stereocenters. The fourth-order valence-electron chi connectivity index (χ4n) is 0.258. The minimum atomic E-state index is -0.708. The van der Waals surface area contributed by atoms with Gasteiger partial charge in [-0.15, -0.1) is 0 Å². The van der Waals surface area contributed by atoms with Crippen molar-refractivity contribution in [3.8, 4) is 0 Å². The Bertz CT molecular complexity index is 364. The van der Waals surface area contributed by atoms with Gasteiger partial charge in [0.1, 0.15) is 0 Å². The highest BCUT2D eigenvalue weighted by Gasteiger charge is 2.20. The maximum absolute atomic E-state index is 8.47. The third kappa shape index (κ3) is 78.7. The van der Waals surface area contributed by atoms with Crippen molar-refractivity contribution >= 4 is 0 Å². The molecule has 0 spiro atoms. The van der Waals surface area contributed by atoms with E-state index in [2.05, 4.69) is 0 Å². The van der Waals surface area contributed by atoms with E-state index in [0.717, 1.165) is 6.42 Å². The molecule has 11 N–H and O–H groups in total. The average molecular weight is 583 g/mol. The Balaban J connectivity index is -0.0000000624. The topological polar surface area (TPSA) is 223 Å². The molecule has 0 saturated heterocycles. The average Bonchev–Trinajstić information content (AvgIpc) is 2.93. The molecule has 0 aromatic carbocycles. The van der Waals surface area contributed by atoms with Gasteiger partial charge in [0, 0.05) is 56.4 Å². The van der Waals surface area contributed by atoms with Gasteiger partial charge in [0.05, 0.1) is 33.0 Å². The standard InChI is InChI=1S/C5H12O3.C5H12O2.C5H12O.C4H10O2.C4H10O.C3H8O.C2H6O/c1-5(2-6,3-7)4-8;1-5(2,3-6)4-7;1-5(2,3)4-6;1-4(2-5)3-6;1-4(2)3-5;1-2-3-4;1-2-3/h6-8H,2-4H2,1H3;6-7H,3-4H2,1-2H3;6H,4H2,1-3H3;4-6H,2-3H2,1H3;4-5H,3H2,1-2H3;4H,2-3H2,1H3;3H,2H2,1H3. The normalized spacial score (nSPS) is 10.5. The molecule has 0 fully saturated rings. The molecule has 0 saturated carbocycles. The van der Waals surface area contributed by atoms with Gasteiger partial charge in [0.25, 0.3) is 0 Å². The van der Waals surface area contributed by atoms with Crippen LogP contribution in [0.3, 0.4) is 0 Å². The molecule has 248 valence electrons. The van der Waals surface area contributed by atoms with Crippen LogP contribution in [0.25, 0.3) is 0 Å². The lowest BCUT2D eigenvalue weighted by molar-refractivity contribution is 0.0200. The van der Waals surface area contributed by atoms with Crippen LogP contribution in [0, 0.1) is 28.1 Å². The highest BCUT2D eigenvalue weighted by atomic mass is 16.3. The van der Waals surface area contributed by atoms with Crippen LogP contribution in [-0.2, 0) is 0 Å². The maximum atomic E-state index is 8.47. The van der Waals surface area contributed by atoms with Gasteiger partial charge in [-0.2, -0.15) is 0 Å². The van der Waals surface area contributed by atoms with Crippen molar-refractivity contribution in [3.05, 3.63) is 0 Å². The van der Waals surface area contributed by atoms with Crippen LogP contribution in [0.4, 0.5) is 0 Å². The van der Waals surface area contributed by atoms with E-state index < -0.39 is 5.41 Å². The van der Waals surface area contributed by atoms with Gasteiger partial charge in [-0.3, -0.25) is 0 Å². The zero-order chi connectivity index (χ0) is 33.1. The molecule has 0 aromatic rings. The van der Waals surface area contributed by atoms with E-state index in [4.69, 9.17) is 56.2 Å². The molecule has 0 amide bonds. The third-order valence-electron chi connectivity index (χ3n) is 3.69. The molecule has 0 radical (unpaired) electrons. The summed E-state index contributed by atoms with van der Waals surface area (Å²) in [6, 6.07) is 0. The summed E-state index contributed by atoms with van der Waals surface area (Å²) in [6.07, 6.45) is 0.875. The number of rotatable bonds is 9. The summed E-state index contributed by atoms with van der Waals surface area (Å²) >= 11 is 0. The second-order valence-corrected chi connectivity index (χ2v) is 11.6. The van der Waals surface area contributed by atoms with Crippen molar-refractivity contribution < 1.29 is 56.2 Å². The van der Waals surface area contributed by atoms with Crippen LogP contribution in [-0.4, -0.2) is 129 Å². The minimum absolute atomic E-state index is 0.0451. The van der Waals surface area contributed by atoms with Crippen molar-refractivity contribution in [1.82, 2.24) is 0 Å². The molecule has 11 nitrogen and oxygen atoms in total. The van der Waals surface area contributed by atoms with Crippen LogP contribution in [0.15, 0.2) is 0 Å². The SMILES string of the molecule is CC(C)(C)CO.CC(C)(CO)CO.CC(C)CO.CC(CO)(CO)CO.CC(CO)CO.CCCO.CCO. The lowest BCUT2D eigenvalue weighted by Crippen LogP contribution is -2.29. The zero-order valence-electron chi connectivity index (χ0n) is 27.1. The van der Waals surface area contributed by atoms with Crippen molar-refractivity contribution in [2.24, 2.45) is 28.1 Å². The Labute approximate surface area is 239 Å². The zero-order valence-corrected chi connectivity index (χ0v) is 27.1. The molecule has 0 rings (SSSR count). The van der Waals surface area contributed by atoms with Crippen LogP contribution >= 0.6 is 0 Å². The van der Waals surface area contributed by atoms with E-state index in [1.54, 1.807) is 34.6 Å². The maximum Gasteiger partial charge on any atom is 0.0528 e. The molecular weight excluding hydrogens is 512 g/mol. The predicted octanol–water partition coefficient (Wildman–Crippen LogP) is 0.621. The Kier molecular flexibility index (Phi) is 55.6. The Morgan fingerprint density at radius 1 is 0.487 bits per heavy atom. The summed E-state index contributed by atoms with van der Waals surface area (Å²) in [4.78, 5) is 0. The van der Waals surface area contributed by atoms with E-state index >= 15 is 0 Å². The third-order valence-corrected chi connectivity index (χ3v) is 3.69. The Hall–Kier alpha value is -0.440. The highest BCUT2D eigenvalue weighted by Crippen LogP contribution is 2.11. The molecular formula is C28H70O11. The van der Waals surface area contributed by atoms with Gasteiger partial charge < -0.3 is 56.2 Å². The highest BCUT2D eigenvalue weighted by molar-refractivity contribution is 4.69. The Morgan fingerprint density at radius 2 is 0.718 bits per heavy atom. The fourth-order valence-corrected chi connectivity index (χ4v) is 0.258. The van der Waals surface area contributed by atoms with E-state index in [-0.39, 0.29) is 76.2 Å². The Morgan fingerprint density at radius 3 is 0.718 bits per heavy atom. The van der Waals surface area contributed by atoms with Crippen molar-refractivity contribution in [2.45, 2.75) is 82.6 Å². The summed E-state index contributed by atoms with van der Waals surface area (Å²) in [5, 5.41) is 90.6. The second kappa shape index (κ2) is 39.7. The quantitative estimate of drug-likeness (QED) is 0.181. The largest absolute Gasteiger partial charge is 0.397 e. The van der Waals surface area contributed by atoms with Gasteiger partial charge in [-0.1, -0.05) is 69.2 Å². The molecule has 0 aliphatic rings. The molecule has 0 heterocycles. The first-order chi connectivity index (χ1) is 17.8. The molecule has 0 aliphatic carbocycles. The van der Waals surface area contributed by atoms with Gasteiger partial charge >= 0.3 is 0 Å². The number of hydrogen-bond donors (Lipinski definition) is 11. The molecule has 0 aliphatic heterocycles. The smallest absolute Gasteiger partial charge is 0.0528 e. The number of hydrogen-bond acceptors (Lipinski definition) is 11. The summed E-state index contributed by atoms with van der Waals surface area (Å²) in [5.74, 6) is 0.486. The van der Waals surface area contributed by atoms with Gasteiger partial charge in [0.15, 0.2) is 0 Å². The van der Waals surface area contributed by atoms with Crippen molar-refractivity contribution in [1.29, 1.82) is 0 Å². The van der Waals surface area contributed by atoms with Gasteiger partial charge in [-0.25, -0.2) is 0 Å². The van der Waals surface area contributed by atoms with E-state index in [1.807, 2.05) is 41.5 Å². The van der Waals surface area contributed by atoms with E-state index in [9.17, 15) is 0 Å². The van der Waals surface area contributed by atoms with Crippen LogP contribution in [0.1, 0.15) is 82.6 Å². The molecule has 0 bridgehead atoms. The number of aliphatic hydroxyl groups is 11. The van der Waals surface area contributed by atoms with Gasteiger partial charge in [0.2, 0.25) is 0 Å². The van der Waals surface area contributed by atoms with Crippen molar-refractivity contribution in [3.63, 3.8) is 0 Å². The molecule has 0 aromatic heterocycles. The summed E-state index contributed by atoms with van der Waals surface area (Å²) in [6.45, 7) is 21.4. The summed E-state index contributed by atoms with van der Waals surface area (Å²) in [5.41, 5.74) is -0.917. The van der Waals surface area contributed by atoms with Gasteiger partial charge in [-0.05, 0) is 24.7 Å². The van der Waals surface area contributed by atoms with Crippen LogP contribution in [0.5, 0.6) is 0 Å². The van der Waals surface area contributed by atoms with Crippen LogP contribution < -0.4 is 0 Å². The first-order valence-corrected chi connectivity index (χ1v) is 13.5. The molecule has 11 heteroatoms. The second-order valence-electron chi connectivity index (χ2n) is 11.6. The monoisotopic (exact) mass is 582 g/mol. The molecule has 0 atom stereocenters.